The van der Waals surface area contributed by atoms with Crippen molar-refractivity contribution in [1.29, 1.82) is 0 Å². The third kappa shape index (κ3) is 1.95. The summed E-state index contributed by atoms with van der Waals surface area (Å²) in [4.78, 5) is 5.56. The molecule has 0 bridgehead atoms. The Labute approximate surface area is 101 Å². The summed E-state index contributed by atoms with van der Waals surface area (Å²) in [6, 6.07) is 20.5. The third-order valence-corrected chi connectivity index (χ3v) is 2.89. The summed E-state index contributed by atoms with van der Waals surface area (Å²) >= 11 is 0. The molecule has 1 atom stereocenters. The Balaban J connectivity index is 1.96. The fourth-order valence-electron chi connectivity index (χ4n) is 2.05. The van der Waals surface area contributed by atoms with Gasteiger partial charge in [0.05, 0.1) is 0 Å². The van der Waals surface area contributed by atoms with E-state index in [1.165, 1.54) is 5.56 Å². The van der Waals surface area contributed by atoms with Crippen molar-refractivity contribution in [3.8, 4) is 0 Å². The van der Waals surface area contributed by atoms with Crippen molar-refractivity contribution < 1.29 is 4.84 Å². The summed E-state index contributed by atoms with van der Waals surface area (Å²) < 4.78 is 0. The lowest BCUT2D eigenvalue weighted by atomic mass is 9.97. The second kappa shape index (κ2) is 4.44. The van der Waals surface area contributed by atoms with Crippen LogP contribution >= 0.6 is 0 Å². The van der Waals surface area contributed by atoms with Crippen LogP contribution in [0.4, 0.5) is 0 Å². The van der Waals surface area contributed by atoms with Crippen LogP contribution in [0.3, 0.4) is 0 Å². The van der Waals surface area contributed by atoms with Gasteiger partial charge in [0.25, 0.3) is 0 Å². The predicted octanol–water partition coefficient (Wildman–Crippen LogP) is 3.30. The zero-order valence-corrected chi connectivity index (χ0v) is 9.34. The first-order chi connectivity index (χ1) is 8.45. The molecule has 1 N–H and O–H groups in total. The van der Waals surface area contributed by atoms with E-state index in [2.05, 4.69) is 29.7 Å². The van der Waals surface area contributed by atoms with Gasteiger partial charge in [-0.25, -0.2) is 0 Å². The van der Waals surface area contributed by atoms with E-state index in [4.69, 9.17) is 4.84 Å². The van der Waals surface area contributed by atoms with Crippen molar-refractivity contribution >= 4 is 5.57 Å². The number of hydroxylamine groups is 1. The summed E-state index contributed by atoms with van der Waals surface area (Å²) in [6.07, 6.45) is 1.89. The van der Waals surface area contributed by atoms with Crippen LogP contribution in [0.2, 0.25) is 0 Å². The highest BCUT2D eigenvalue weighted by atomic mass is 16.7. The molecule has 1 aliphatic heterocycles. The van der Waals surface area contributed by atoms with Gasteiger partial charge in [0.15, 0.2) is 0 Å². The van der Waals surface area contributed by atoms with Crippen LogP contribution in [-0.2, 0) is 4.84 Å². The fraction of sp³-hybridized carbons (Fsp3) is 0.0667. The molecule has 0 aromatic heterocycles. The third-order valence-electron chi connectivity index (χ3n) is 2.89. The molecule has 1 heterocycles. The predicted molar refractivity (Wildman–Crippen MR) is 67.8 cm³/mol. The largest absolute Gasteiger partial charge is 0.273 e. The molecule has 1 aliphatic rings. The van der Waals surface area contributed by atoms with Crippen LogP contribution in [0.15, 0.2) is 66.9 Å². The van der Waals surface area contributed by atoms with E-state index in [-0.39, 0.29) is 6.10 Å². The molecule has 0 fully saturated rings. The maximum Gasteiger partial charge on any atom is 0.137 e. The van der Waals surface area contributed by atoms with E-state index in [0.717, 1.165) is 11.1 Å². The molecule has 17 heavy (non-hydrogen) atoms. The van der Waals surface area contributed by atoms with Gasteiger partial charge in [-0.1, -0.05) is 60.7 Å². The van der Waals surface area contributed by atoms with Crippen LogP contribution in [-0.4, -0.2) is 0 Å². The van der Waals surface area contributed by atoms with Gasteiger partial charge < -0.3 is 0 Å². The van der Waals surface area contributed by atoms with Gasteiger partial charge in [-0.15, -0.1) is 0 Å². The second-order valence-corrected chi connectivity index (χ2v) is 3.99. The Morgan fingerprint density at radius 2 is 1.47 bits per heavy atom. The first-order valence-corrected chi connectivity index (χ1v) is 5.67. The molecule has 2 nitrogen and oxygen atoms in total. The van der Waals surface area contributed by atoms with Crippen molar-refractivity contribution in [2.75, 3.05) is 0 Å². The maximum atomic E-state index is 5.56. The molecule has 84 valence electrons. The smallest absolute Gasteiger partial charge is 0.137 e. The van der Waals surface area contributed by atoms with E-state index >= 15 is 0 Å². The van der Waals surface area contributed by atoms with Crippen molar-refractivity contribution in [3.63, 3.8) is 0 Å². The van der Waals surface area contributed by atoms with Gasteiger partial charge in [0, 0.05) is 11.8 Å². The van der Waals surface area contributed by atoms with E-state index < -0.39 is 0 Å². The molecule has 2 heteroatoms. The van der Waals surface area contributed by atoms with Gasteiger partial charge in [-0.2, -0.15) is 0 Å². The van der Waals surface area contributed by atoms with Crippen LogP contribution in [0.1, 0.15) is 17.2 Å². The van der Waals surface area contributed by atoms with Crippen LogP contribution in [0, 0.1) is 0 Å². The summed E-state index contributed by atoms with van der Waals surface area (Å²) in [5, 5.41) is 0. The van der Waals surface area contributed by atoms with Crippen molar-refractivity contribution in [2.24, 2.45) is 0 Å². The molecular weight excluding hydrogens is 210 g/mol. The SMILES string of the molecule is C1=C(c2ccccc2)C(c2ccccc2)ON1. The lowest BCUT2D eigenvalue weighted by molar-refractivity contribution is 0.0506. The van der Waals surface area contributed by atoms with E-state index in [1.807, 2.05) is 42.6 Å². The van der Waals surface area contributed by atoms with Gasteiger partial charge in [-0.3, -0.25) is 10.3 Å². The summed E-state index contributed by atoms with van der Waals surface area (Å²) in [5.74, 6) is 0. The van der Waals surface area contributed by atoms with E-state index in [0.29, 0.717) is 0 Å². The molecule has 2 aromatic rings. The highest BCUT2D eigenvalue weighted by Gasteiger charge is 2.23. The average Bonchev–Trinajstić information content (AvgIpc) is 2.90. The summed E-state index contributed by atoms with van der Waals surface area (Å²) in [6.45, 7) is 0. The zero-order chi connectivity index (χ0) is 11.5. The minimum atomic E-state index is -0.0291. The Bertz CT molecular complexity index is 519. The molecule has 2 aromatic carbocycles. The molecule has 0 saturated carbocycles. The molecule has 0 aliphatic carbocycles. The molecule has 0 spiro atoms. The fourth-order valence-corrected chi connectivity index (χ4v) is 2.05. The molecule has 0 saturated heterocycles. The van der Waals surface area contributed by atoms with Crippen LogP contribution < -0.4 is 5.48 Å². The number of nitrogens with one attached hydrogen (secondary N) is 1. The summed E-state index contributed by atoms with van der Waals surface area (Å²) in [7, 11) is 0. The quantitative estimate of drug-likeness (QED) is 0.843. The lowest BCUT2D eigenvalue weighted by Crippen LogP contribution is -2.05. The molecule has 0 amide bonds. The van der Waals surface area contributed by atoms with Gasteiger partial charge in [-0.05, 0) is 11.1 Å². The van der Waals surface area contributed by atoms with Gasteiger partial charge in [0.1, 0.15) is 6.10 Å². The molecule has 1 unspecified atom stereocenters. The van der Waals surface area contributed by atoms with Gasteiger partial charge in [0.2, 0.25) is 0 Å². The average molecular weight is 223 g/mol. The maximum absolute atomic E-state index is 5.56. The van der Waals surface area contributed by atoms with E-state index in [1.54, 1.807) is 0 Å². The first-order valence-electron chi connectivity index (χ1n) is 5.67. The number of hydrogen-bond donors (Lipinski definition) is 1. The topological polar surface area (TPSA) is 21.3 Å². The standard InChI is InChI=1S/C15H13NO/c1-3-7-12(8-4-1)14-11-16-17-15(14)13-9-5-2-6-10-13/h1-11,15-16H. The van der Waals surface area contributed by atoms with Crippen LogP contribution in [0.5, 0.6) is 0 Å². The number of rotatable bonds is 2. The Kier molecular flexibility index (Phi) is 2.64. The summed E-state index contributed by atoms with van der Waals surface area (Å²) in [5.41, 5.74) is 6.37. The van der Waals surface area contributed by atoms with Gasteiger partial charge >= 0.3 is 0 Å². The first kappa shape index (κ1) is 10.1. The van der Waals surface area contributed by atoms with Crippen molar-refractivity contribution in [2.45, 2.75) is 6.10 Å². The molecule has 3 rings (SSSR count). The minimum absolute atomic E-state index is 0.0291. The Morgan fingerprint density at radius 1 is 0.824 bits per heavy atom. The van der Waals surface area contributed by atoms with Crippen molar-refractivity contribution in [1.82, 2.24) is 5.48 Å². The normalized spacial score (nSPS) is 18.6. The van der Waals surface area contributed by atoms with Crippen molar-refractivity contribution in [3.05, 3.63) is 78.0 Å². The minimum Gasteiger partial charge on any atom is -0.273 e. The highest BCUT2D eigenvalue weighted by molar-refractivity contribution is 5.71. The monoisotopic (exact) mass is 223 g/mol. The zero-order valence-electron chi connectivity index (χ0n) is 9.34. The highest BCUT2D eigenvalue weighted by Crippen LogP contribution is 2.34. The number of hydrogen-bond acceptors (Lipinski definition) is 2. The van der Waals surface area contributed by atoms with E-state index in [9.17, 15) is 0 Å². The molecule has 0 radical (unpaired) electrons. The Hall–Kier alpha value is -2.06. The molecular formula is C15H13NO. The lowest BCUT2D eigenvalue weighted by Gasteiger charge is -2.13. The second-order valence-electron chi connectivity index (χ2n) is 3.99. The van der Waals surface area contributed by atoms with Crippen LogP contribution in [0.25, 0.3) is 5.57 Å². The number of benzene rings is 2. The Morgan fingerprint density at radius 3 is 2.18 bits per heavy atom.